The van der Waals surface area contributed by atoms with Gasteiger partial charge >= 0.3 is 6.09 Å². The number of hydrogen-bond acceptors (Lipinski definition) is 2. The largest absolute Gasteiger partial charge is 0.465 e. The average molecular weight is 147 g/mol. The van der Waals surface area contributed by atoms with E-state index in [4.69, 9.17) is 10.2 Å². The van der Waals surface area contributed by atoms with Crippen LogP contribution in [0.5, 0.6) is 0 Å². The zero-order valence-electron chi connectivity index (χ0n) is 6.00. The van der Waals surface area contributed by atoms with Gasteiger partial charge in [-0.25, -0.2) is 4.79 Å². The minimum absolute atomic E-state index is 0.324. The molecule has 60 valence electrons. The van der Waals surface area contributed by atoms with Crippen LogP contribution in [0, 0.1) is 0 Å². The SMILES string of the molecule is CCC(O)CCNC(=O)O. The molecule has 0 spiro atoms. The van der Waals surface area contributed by atoms with Crippen LogP contribution in [0.25, 0.3) is 0 Å². The summed E-state index contributed by atoms with van der Waals surface area (Å²) in [6.45, 7) is 2.18. The molecule has 1 unspecified atom stereocenters. The number of aliphatic hydroxyl groups excluding tert-OH is 1. The van der Waals surface area contributed by atoms with Crippen molar-refractivity contribution in [2.45, 2.75) is 25.9 Å². The topological polar surface area (TPSA) is 69.6 Å². The van der Waals surface area contributed by atoms with Gasteiger partial charge in [0.15, 0.2) is 0 Å². The first-order chi connectivity index (χ1) is 4.66. The smallest absolute Gasteiger partial charge is 0.404 e. The maximum absolute atomic E-state index is 9.88. The summed E-state index contributed by atoms with van der Waals surface area (Å²) in [5.74, 6) is 0. The van der Waals surface area contributed by atoms with Crippen LogP contribution in [0.1, 0.15) is 19.8 Å². The summed E-state index contributed by atoms with van der Waals surface area (Å²) in [6, 6.07) is 0. The van der Waals surface area contributed by atoms with E-state index < -0.39 is 6.09 Å². The predicted octanol–water partition coefficient (Wildman–Crippen LogP) is 0.415. The van der Waals surface area contributed by atoms with Crippen LogP contribution in [-0.2, 0) is 0 Å². The number of amides is 1. The third-order valence-corrected chi connectivity index (χ3v) is 1.23. The Morgan fingerprint density at radius 1 is 1.70 bits per heavy atom. The molecular weight excluding hydrogens is 134 g/mol. The van der Waals surface area contributed by atoms with Crippen molar-refractivity contribution in [2.24, 2.45) is 0 Å². The first-order valence-corrected chi connectivity index (χ1v) is 3.31. The number of rotatable bonds is 4. The van der Waals surface area contributed by atoms with Gasteiger partial charge in [-0.3, -0.25) is 0 Å². The van der Waals surface area contributed by atoms with Gasteiger partial charge in [0.05, 0.1) is 6.10 Å². The summed E-state index contributed by atoms with van der Waals surface area (Å²) >= 11 is 0. The van der Waals surface area contributed by atoms with Crippen molar-refractivity contribution in [3.63, 3.8) is 0 Å². The van der Waals surface area contributed by atoms with Gasteiger partial charge in [-0.2, -0.15) is 0 Å². The second-order valence-corrected chi connectivity index (χ2v) is 2.08. The standard InChI is InChI=1S/C6H13NO3/c1-2-5(8)3-4-7-6(9)10/h5,7-8H,2-4H2,1H3,(H,9,10). The van der Waals surface area contributed by atoms with E-state index in [9.17, 15) is 4.79 Å². The highest BCUT2D eigenvalue weighted by molar-refractivity contribution is 5.64. The molecule has 0 aromatic rings. The third kappa shape index (κ3) is 5.37. The molecule has 1 amide bonds. The molecule has 4 nitrogen and oxygen atoms in total. The van der Waals surface area contributed by atoms with Gasteiger partial charge in [0.25, 0.3) is 0 Å². The Morgan fingerprint density at radius 2 is 2.30 bits per heavy atom. The van der Waals surface area contributed by atoms with Crippen LogP contribution >= 0.6 is 0 Å². The summed E-state index contributed by atoms with van der Waals surface area (Å²) in [4.78, 5) is 9.88. The Kier molecular flexibility index (Phi) is 4.66. The lowest BCUT2D eigenvalue weighted by Crippen LogP contribution is -2.24. The van der Waals surface area contributed by atoms with Gasteiger partial charge < -0.3 is 15.5 Å². The molecule has 0 aliphatic rings. The lowest BCUT2D eigenvalue weighted by atomic mass is 10.2. The predicted molar refractivity (Wildman–Crippen MR) is 36.9 cm³/mol. The van der Waals surface area contributed by atoms with Crippen molar-refractivity contribution in [1.82, 2.24) is 5.32 Å². The van der Waals surface area contributed by atoms with Gasteiger partial charge in [-0.05, 0) is 12.8 Å². The molecule has 1 atom stereocenters. The molecule has 0 fully saturated rings. The van der Waals surface area contributed by atoms with Crippen LogP contribution in [0.15, 0.2) is 0 Å². The van der Waals surface area contributed by atoms with E-state index in [1.807, 2.05) is 6.92 Å². The van der Waals surface area contributed by atoms with Gasteiger partial charge in [0.1, 0.15) is 0 Å². The zero-order chi connectivity index (χ0) is 7.98. The number of aliphatic hydroxyl groups is 1. The van der Waals surface area contributed by atoms with E-state index in [0.717, 1.165) is 0 Å². The van der Waals surface area contributed by atoms with Crippen LogP contribution in [0.3, 0.4) is 0 Å². The van der Waals surface area contributed by atoms with Gasteiger partial charge in [-0.15, -0.1) is 0 Å². The summed E-state index contributed by atoms with van der Waals surface area (Å²) in [6.07, 6.45) is -0.264. The molecule has 0 bridgehead atoms. The summed E-state index contributed by atoms with van der Waals surface area (Å²) in [5, 5.41) is 19.2. The maximum atomic E-state index is 9.88. The number of carboxylic acid groups (broad SMARTS) is 1. The number of nitrogens with one attached hydrogen (secondary N) is 1. The Labute approximate surface area is 59.9 Å². The van der Waals surface area contributed by atoms with E-state index in [0.29, 0.717) is 19.4 Å². The molecule has 0 aromatic carbocycles. The minimum atomic E-state index is -1.04. The summed E-state index contributed by atoms with van der Waals surface area (Å²) in [5.41, 5.74) is 0. The Balaban J connectivity index is 3.11. The van der Waals surface area contributed by atoms with Crippen LogP contribution in [-0.4, -0.2) is 29.0 Å². The monoisotopic (exact) mass is 147 g/mol. The van der Waals surface area contributed by atoms with Crippen molar-refractivity contribution >= 4 is 6.09 Å². The molecule has 0 aromatic heterocycles. The van der Waals surface area contributed by atoms with Crippen molar-refractivity contribution in [3.05, 3.63) is 0 Å². The van der Waals surface area contributed by atoms with Crippen molar-refractivity contribution < 1.29 is 15.0 Å². The van der Waals surface area contributed by atoms with Crippen molar-refractivity contribution in [2.75, 3.05) is 6.54 Å². The average Bonchev–Trinajstić information content (AvgIpc) is 1.87. The highest BCUT2D eigenvalue weighted by Crippen LogP contribution is 1.93. The molecular formula is C6H13NO3. The Morgan fingerprint density at radius 3 is 2.70 bits per heavy atom. The van der Waals surface area contributed by atoms with Crippen molar-refractivity contribution in [3.8, 4) is 0 Å². The molecule has 4 heteroatoms. The van der Waals surface area contributed by atoms with E-state index in [2.05, 4.69) is 5.32 Å². The van der Waals surface area contributed by atoms with Crippen LogP contribution in [0.2, 0.25) is 0 Å². The fourth-order valence-electron chi connectivity index (χ4n) is 0.550. The number of hydrogen-bond donors (Lipinski definition) is 3. The minimum Gasteiger partial charge on any atom is -0.465 e. The number of carbonyl (C=O) groups is 1. The van der Waals surface area contributed by atoms with E-state index in [1.54, 1.807) is 0 Å². The lowest BCUT2D eigenvalue weighted by Gasteiger charge is -2.05. The molecule has 0 heterocycles. The molecule has 3 N–H and O–H groups in total. The molecule has 10 heavy (non-hydrogen) atoms. The normalized spacial score (nSPS) is 12.6. The van der Waals surface area contributed by atoms with Gasteiger partial charge in [0, 0.05) is 6.54 Å². The molecule has 0 aliphatic carbocycles. The lowest BCUT2D eigenvalue weighted by molar-refractivity contribution is 0.156. The van der Waals surface area contributed by atoms with Gasteiger partial charge in [0.2, 0.25) is 0 Å². The quantitative estimate of drug-likeness (QED) is 0.539. The highest BCUT2D eigenvalue weighted by Gasteiger charge is 2.00. The highest BCUT2D eigenvalue weighted by atomic mass is 16.4. The first kappa shape index (κ1) is 9.23. The summed E-state index contributed by atoms with van der Waals surface area (Å²) < 4.78 is 0. The van der Waals surface area contributed by atoms with Gasteiger partial charge in [-0.1, -0.05) is 6.92 Å². The molecule has 0 rings (SSSR count). The first-order valence-electron chi connectivity index (χ1n) is 3.31. The molecule has 0 radical (unpaired) electrons. The fraction of sp³-hybridized carbons (Fsp3) is 0.833. The van der Waals surface area contributed by atoms with Crippen molar-refractivity contribution in [1.29, 1.82) is 0 Å². The van der Waals surface area contributed by atoms with Crippen LogP contribution < -0.4 is 5.32 Å². The van der Waals surface area contributed by atoms with E-state index in [-0.39, 0.29) is 6.10 Å². The van der Waals surface area contributed by atoms with E-state index >= 15 is 0 Å². The van der Waals surface area contributed by atoms with E-state index in [1.165, 1.54) is 0 Å². The van der Waals surface area contributed by atoms with Crippen LogP contribution in [0.4, 0.5) is 4.79 Å². The molecule has 0 saturated carbocycles. The third-order valence-electron chi connectivity index (χ3n) is 1.23. The fourth-order valence-corrected chi connectivity index (χ4v) is 0.550. The molecule has 0 aliphatic heterocycles. The maximum Gasteiger partial charge on any atom is 0.404 e. The summed E-state index contributed by atoms with van der Waals surface area (Å²) in [7, 11) is 0. The molecule has 0 saturated heterocycles. The Hall–Kier alpha value is -0.770. The zero-order valence-corrected chi connectivity index (χ0v) is 6.00. The second kappa shape index (κ2) is 5.05. The Bertz CT molecular complexity index is 105. The second-order valence-electron chi connectivity index (χ2n) is 2.08.